The molecule has 2 aromatic carbocycles. The zero-order chi connectivity index (χ0) is 30.6. The van der Waals surface area contributed by atoms with Crippen molar-refractivity contribution in [1.82, 2.24) is 20.2 Å². The number of benzene rings is 2. The number of phenols is 2. The number of carbonyl (C=O) groups excluding carboxylic acids is 2. The first kappa shape index (κ1) is 31.7. The predicted molar refractivity (Wildman–Crippen MR) is 166 cm³/mol. The highest BCUT2D eigenvalue weighted by Crippen LogP contribution is 2.26. The molecule has 0 saturated carbocycles. The summed E-state index contributed by atoms with van der Waals surface area (Å²) in [5, 5.41) is 23.2. The smallest absolute Gasteiger partial charge is 0.415 e. The van der Waals surface area contributed by atoms with Crippen molar-refractivity contribution in [3.63, 3.8) is 0 Å². The summed E-state index contributed by atoms with van der Waals surface area (Å²) in [5.74, 6) is 0.323. The topological polar surface area (TPSA) is 137 Å². The number of anilines is 1. The maximum Gasteiger partial charge on any atom is 0.415 e. The number of nitrogens with one attached hydrogen (secondary N) is 1. The lowest BCUT2D eigenvalue weighted by atomic mass is 10.0. The Morgan fingerprint density at radius 2 is 1.53 bits per heavy atom. The molecule has 0 aliphatic carbocycles. The predicted octanol–water partition coefficient (Wildman–Crippen LogP) is 5.05. The highest BCUT2D eigenvalue weighted by Gasteiger charge is 2.30. The Morgan fingerprint density at radius 1 is 0.907 bits per heavy atom. The van der Waals surface area contributed by atoms with E-state index in [1.54, 1.807) is 52.6 Å². The van der Waals surface area contributed by atoms with Gasteiger partial charge in [-0.2, -0.15) is 0 Å². The van der Waals surface area contributed by atoms with Gasteiger partial charge in [0, 0.05) is 25.3 Å². The lowest BCUT2D eigenvalue weighted by Crippen LogP contribution is -2.52. The number of nitrogens with zero attached hydrogens (tertiary/aromatic N) is 4. The molecular formula is C30H35N5O6S2. The van der Waals surface area contributed by atoms with E-state index in [-0.39, 0.29) is 30.2 Å². The molecule has 3 N–H and O–H groups in total. The molecule has 43 heavy (non-hydrogen) atoms. The van der Waals surface area contributed by atoms with Gasteiger partial charge in [0.1, 0.15) is 23.1 Å². The van der Waals surface area contributed by atoms with Crippen molar-refractivity contribution < 1.29 is 29.3 Å². The third-order valence-electron chi connectivity index (χ3n) is 6.77. The Kier molecular flexibility index (Phi) is 11.7. The first-order chi connectivity index (χ1) is 20.8. The molecule has 0 saturated heterocycles. The highest BCUT2D eigenvalue weighted by molar-refractivity contribution is 7.14. The molecule has 2 aromatic heterocycles. The lowest BCUT2D eigenvalue weighted by Gasteiger charge is -2.35. The number of methoxy groups -OCH3 is 1. The molecule has 4 aromatic rings. The molecule has 0 spiro atoms. The third kappa shape index (κ3) is 9.66. The molecule has 11 nitrogen and oxygen atoms in total. The number of rotatable bonds is 14. The number of carbonyl (C=O) groups is 2. The van der Waals surface area contributed by atoms with Crippen LogP contribution in [0.3, 0.4) is 0 Å². The van der Waals surface area contributed by atoms with E-state index in [0.717, 1.165) is 16.0 Å². The molecule has 2 amide bonds. The molecule has 1 unspecified atom stereocenters. The number of phenolic OH excluding ortho intramolecular Hbond substituents is 2. The van der Waals surface area contributed by atoms with Gasteiger partial charge in [-0.3, -0.25) is 19.8 Å². The van der Waals surface area contributed by atoms with Gasteiger partial charge in [0.2, 0.25) is 0 Å². The van der Waals surface area contributed by atoms with Gasteiger partial charge < -0.3 is 25.0 Å². The van der Waals surface area contributed by atoms with E-state index in [0.29, 0.717) is 37.5 Å². The number of alkyl carbamates (subject to hydrolysis) is 1. The third-order valence-corrected chi connectivity index (χ3v) is 8.29. The maximum atomic E-state index is 13.1. The Morgan fingerprint density at radius 3 is 2.09 bits per heavy atom. The van der Waals surface area contributed by atoms with Gasteiger partial charge in [-0.25, -0.2) is 9.59 Å². The van der Waals surface area contributed by atoms with Crippen LogP contribution in [0.15, 0.2) is 71.9 Å². The number of ether oxygens (including phenoxy) is 2. The van der Waals surface area contributed by atoms with Crippen molar-refractivity contribution in [3.05, 3.63) is 87.9 Å². The summed E-state index contributed by atoms with van der Waals surface area (Å²) in [4.78, 5) is 38.7. The molecule has 228 valence electrons. The van der Waals surface area contributed by atoms with Crippen LogP contribution in [-0.2, 0) is 28.9 Å². The fraction of sp³-hybridized carbons (Fsp3) is 0.333. The zero-order valence-corrected chi connectivity index (χ0v) is 25.6. The fourth-order valence-electron chi connectivity index (χ4n) is 4.67. The minimum Gasteiger partial charge on any atom is -0.508 e. The van der Waals surface area contributed by atoms with Gasteiger partial charge in [-0.15, -0.1) is 22.7 Å². The zero-order valence-electron chi connectivity index (χ0n) is 24.0. The number of amides is 2. The average molecular weight is 626 g/mol. The minimum atomic E-state index is -0.547. The fourth-order valence-corrected chi connectivity index (χ4v) is 5.86. The second kappa shape index (κ2) is 15.9. The van der Waals surface area contributed by atoms with E-state index in [4.69, 9.17) is 9.47 Å². The van der Waals surface area contributed by atoms with Crippen LogP contribution >= 0.6 is 22.7 Å². The van der Waals surface area contributed by atoms with Crippen LogP contribution in [0.25, 0.3) is 0 Å². The molecular weight excluding hydrogens is 590 g/mol. The lowest BCUT2D eigenvalue weighted by molar-refractivity contribution is 0.132. The molecule has 2 heterocycles. The Bertz CT molecular complexity index is 1400. The standard InChI is InChI=1S/C30H35N5O6S2/c1-3-34(16-23(12-21-4-8-25(36)9-5-21)33-29(38)41-18-27-14-31-19-42-27)17-24(13-22-6-10-26(37)11-7-22)35(30(39)40-2)28-15-32-20-43-28/h4-11,14-15,19-20,23-24,36-37H,3,12-13,16-18H2,1-2H3,(H,33,38)/t23-,24?/m0/s1. The van der Waals surface area contributed by atoms with Crippen molar-refractivity contribution in [1.29, 1.82) is 0 Å². The minimum absolute atomic E-state index is 0.123. The van der Waals surface area contributed by atoms with Crippen LogP contribution in [-0.4, -0.2) is 76.1 Å². The SMILES string of the molecule is CCN(CC(Cc1ccc(O)cc1)N(C(=O)OC)c1cncs1)C[C@H](Cc1ccc(O)cc1)NC(=O)OCc1cncs1. The van der Waals surface area contributed by atoms with Crippen molar-refractivity contribution in [2.24, 2.45) is 0 Å². The summed E-state index contributed by atoms with van der Waals surface area (Å²) in [5.41, 5.74) is 5.21. The van der Waals surface area contributed by atoms with Crippen molar-refractivity contribution in [2.45, 2.75) is 38.5 Å². The van der Waals surface area contributed by atoms with Crippen molar-refractivity contribution >= 4 is 39.9 Å². The molecule has 0 bridgehead atoms. The van der Waals surface area contributed by atoms with E-state index in [1.807, 2.05) is 31.2 Å². The number of hydrogen-bond acceptors (Lipinski definition) is 11. The van der Waals surface area contributed by atoms with Gasteiger partial charge >= 0.3 is 12.2 Å². The maximum absolute atomic E-state index is 13.1. The quantitative estimate of drug-likeness (QED) is 0.176. The van der Waals surface area contributed by atoms with E-state index in [1.165, 1.54) is 29.8 Å². The summed E-state index contributed by atoms with van der Waals surface area (Å²) < 4.78 is 10.6. The first-order valence-corrected chi connectivity index (χ1v) is 15.4. The second-order valence-corrected chi connectivity index (χ2v) is 11.6. The molecule has 0 radical (unpaired) electrons. The monoisotopic (exact) mass is 625 g/mol. The molecule has 0 fully saturated rings. The summed E-state index contributed by atoms with van der Waals surface area (Å²) in [6, 6.07) is 13.1. The summed E-state index contributed by atoms with van der Waals surface area (Å²) in [7, 11) is 1.35. The van der Waals surface area contributed by atoms with E-state index in [2.05, 4.69) is 20.2 Å². The molecule has 0 aliphatic rings. The van der Waals surface area contributed by atoms with Crippen LogP contribution < -0.4 is 10.2 Å². The van der Waals surface area contributed by atoms with Crippen LogP contribution in [0.4, 0.5) is 14.6 Å². The van der Waals surface area contributed by atoms with Gasteiger partial charge in [0.05, 0.1) is 35.2 Å². The van der Waals surface area contributed by atoms with Crippen LogP contribution in [0.1, 0.15) is 22.9 Å². The number of hydrogen-bond donors (Lipinski definition) is 3. The van der Waals surface area contributed by atoms with Crippen LogP contribution in [0.2, 0.25) is 0 Å². The highest BCUT2D eigenvalue weighted by atomic mass is 32.1. The van der Waals surface area contributed by atoms with Gasteiger partial charge in [-0.05, 0) is 54.8 Å². The van der Waals surface area contributed by atoms with Gasteiger partial charge in [0.25, 0.3) is 0 Å². The average Bonchev–Trinajstić information content (AvgIpc) is 3.73. The van der Waals surface area contributed by atoms with Crippen molar-refractivity contribution in [3.8, 4) is 11.5 Å². The summed E-state index contributed by atoms with van der Waals surface area (Å²) in [6.07, 6.45) is 3.22. The number of thiazole rings is 2. The molecule has 4 rings (SSSR count). The second-order valence-electron chi connectivity index (χ2n) is 9.81. The Hall–Kier alpha value is -4.20. The number of aromatic hydroxyl groups is 2. The Balaban J connectivity index is 1.55. The first-order valence-electron chi connectivity index (χ1n) is 13.7. The largest absolute Gasteiger partial charge is 0.508 e. The van der Waals surface area contributed by atoms with Crippen LogP contribution in [0.5, 0.6) is 11.5 Å². The molecule has 2 atom stereocenters. The summed E-state index contributed by atoms with van der Waals surface area (Å²) in [6.45, 7) is 3.68. The van der Waals surface area contributed by atoms with Gasteiger partial charge in [0.15, 0.2) is 0 Å². The number of likely N-dealkylation sites (N-methyl/N-ethyl adjacent to an activating group) is 1. The molecule has 13 heteroatoms. The van der Waals surface area contributed by atoms with E-state index >= 15 is 0 Å². The number of aromatic nitrogens is 2. The molecule has 0 aliphatic heterocycles. The Labute approximate surface area is 258 Å². The van der Waals surface area contributed by atoms with E-state index in [9.17, 15) is 19.8 Å². The van der Waals surface area contributed by atoms with Crippen LogP contribution in [0, 0.1) is 0 Å². The van der Waals surface area contributed by atoms with Crippen molar-refractivity contribution in [2.75, 3.05) is 31.6 Å². The van der Waals surface area contributed by atoms with E-state index < -0.39 is 12.2 Å². The summed E-state index contributed by atoms with van der Waals surface area (Å²) >= 11 is 2.75. The normalized spacial score (nSPS) is 12.4. The van der Waals surface area contributed by atoms with Gasteiger partial charge in [-0.1, -0.05) is 31.2 Å².